The van der Waals surface area contributed by atoms with E-state index in [1.807, 2.05) is 0 Å². The van der Waals surface area contributed by atoms with Gasteiger partial charge in [-0.25, -0.2) is 9.98 Å². The molecule has 0 saturated carbocycles. The minimum absolute atomic E-state index is 0.0793. The lowest BCUT2D eigenvalue weighted by atomic mass is 10.0. The second-order valence-corrected chi connectivity index (χ2v) is 9.90. The van der Waals surface area contributed by atoms with Crippen LogP contribution in [0.1, 0.15) is 29.5 Å². The Morgan fingerprint density at radius 3 is 2.29 bits per heavy atom. The van der Waals surface area contributed by atoms with Crippen molar-refractivity contribution in [3.05, 3.63) is 77.4 Å². The second-order valence-electron chi connectivity index (χ2n) is 9.90. The number of pyridine rings is 1. The molecule has 4 N–H and O–H groups in total. The number of fused-ring (bicyclic) bond motifs is 1. The Bertz CT molecular complexity index is 1400. The van der Waals surface area contributed by atoms with Crippen molar-refractivity contribution >= 4 is 17.3 Å². The van der Waals surface area contributed by atoms with E-state index < -0.39 is 29.3 Å². The summed E-state index contributed by atoms with van der Waals surface area (Å²) in [4.78, 5) is 11.4. The Morgan fingerprint density at radius 2 is 1.61 bits per heavy atom. The number of nitrogens with one attached hydrogen (secondary N) is 2. The molecule has 0 aliphatic carbocycles. The standard InChI is InChI=1S/C28H28F6N6O/c29-27(30,31)18-6-8-19(9-7-18)36-24-21-10-11-23(20-4-1-2-5-22(20)28(32,33)34)37-25(21)39-26(35,38-24)12-3-13-40-14-16-41-17-15-40/h1-2,4-11H,3,12-17,35H2,(H,36,38)(H,37,39). The van der Waals surface area contributed by atoms with E-state index in [0.717, 1.165) is 37.8 Å². The number of hydrogen-bond donors (Lipinski definition) is 3. The van der Waals surface area contributed by atoms with Gasteiger partial charge in [0.2, 0.25) is 0 Å². The molecule has 1 saturated heterocycles. The Hall–Kier alpha value is -3.68. The summed E-state index contributed by atoms with van der Waals surface area (Å²) in [6.07, 6.45) is -8.08. The molecule has 0 radical (unpaired) electrons. The smallest absolute Gasteiger partial charge is 0.379 e. The van der Waals surface area contributed by atoms with Crippen LogP contribution in [-0.2, 0) is 17.1 Å². The first-order valence-electron chi connectivity index (χ1n) is 13.0. The van der Waals surface area contributed by atoms with Gasteiger partial charge >= 0.3 is 12.4 Å². The molecule has 13 heteroatoms. The van der Waals surface area contributed by atoms with Crippen LogP contribution in [-0.4, -0.2) is 54.4 Å². The van der Waals surface area contributed by atoms with Crippen LogP contribution in [0.5, 0.6) is 0 Å². The number of nitrogens with zero attached hydrogens (tertiary/aromatic N) is 3. The molecule has 7 nitrogen and oxygen atoms in total. The number of amidine groups is 1. The number of benzene rings is 2. The number of halogens is 6. The van der Waals surface area contributed by atoms with E-state index >= 15 is 0 Å². The molecule has 0 amide bonds. The van der Waals surface area contributed by atoms with Gasteiger partial charge in [-0.3, -0.25) is 10.6 Å². The number of nitrogens with two attached hydrogens (primary N) is 1. The monoisotopic (exact) mass is 578 g/mol. The molecular weight excluding hydrogens is 550 g/mol. The molecule has 1 unspecified atom stereocenters. The van der Waals surface area contributed by atoms with Gasteiger partial charge in [0.25, 0.3) is 0 Å². The summed E-state index contributed by atoms with van der Waals surface area (Å²) >= 11 is 0. The van der Waals surface area contributed by atoms with Crippen molar-refractivity contribution in [3.8, 4) is 11.3 Å². The van der Waals surface area contributed by atoms with Crippen molar-refractivity contribution in [3.63, 3.8) is 0 Å². The van der Waals surface area contributed by atoms with Gasteiger partial charge in [0.1, 0.15) is 11.7 Å². The van der Waals surface area contributed by atoms with Crippen LogP contribution >= 0.6 is 0 Å². The summed E-state index contributed by atoms with van der Waals surface area (Å²) in [6, 6.07) is 12.6. The highest BCUT2D eigenvalue weighted by atomic mass is 19.4. The number of alkyl halides is 6. The normalized spacial score (nSPS) is 19.7. The quantitative estimate of drug-likeness (QED) is 0.321. The maximum Gasteiger partial charge on any atom is 0.417 e. The molecule has 0 spiro atoms. The molecular formula is C28H28F6N6O. The van der Waals surface area contributed by atoms with Crippen LogP contribution in [0.4, 0.5) is 37.8 Å². The summed E-state index contributed by atoms with van der Waals surface area (Å²) in [5.41, 5.74) is 5.74. The fraction of sp³-hybridized carbons (Fsp3) is 0.357. The van der Waals surface area contributed by atoms with Gasteiger partial charge in [-0.15, -0.1) is 0 Å². The predicted molar refractivity (Wildman–Crippen MR) is 143 cm³/mol. The lowest BCUT2D eigenvalue weighted by molar-refractivity contribution is -0.138. The summed E-state index contributed by atoms with van der Waals surface area (Å²) in [6.45, 7) is 3.61. The van der Waals surface area contributed by atoms with Crippen molar-refractivity contribution in [1.29, 1.82) is 0 Å². The number of anilines is 2. The largest absolute Gasteiger partial charge is 0.417 e. The number of morpholine rings is 1. The lowest BCUT2D eigenvalue weighted by Gasteiger charge is -2.34. The first kappa shape index (κ1) is 28.8. The third-order valence-corrected chi connectivity index (χ3v) is 6.92. The van der Waals surface area contributed by atoms with Crippen LogP contribution in [0.15, 0.2) is 65.7 Å². The molecule has 2 aliphatic heterocycles. The molecule has 1 fully saturated rings. The molecule has 1 aromatic heterocycles. The molecule has 41 heavy (non-hydrogen) atoms. The third kappa shape index (κ3) is 6.80. The fourth-order valence-electron chi connectivity index (χ4n) is 4.83. The molecule has 3 aromatic rings. The molecule has 5 rings (SSSR count). The number of aromatic nitrogens is 1. The SMILES string of the molecule is NC1(CCCN2CCOCC2)N=C(Nc2ccc(C(F)(F)F)cc2)c2ccc(-c3ccccc3C(F)(F)F)nc2N1. The molecule has 218 valence electrons. The van der Waals surface area contributed by atoms with Gasteiger partial charge in [0, 0.05) is 30.8 Å². The van der Waals surface area contributed by atoms with E-state index in [-0.39, 0.29) is 22.9 Å². The molecule has 0 bridgehead atoms. The van der Waals surface area contributed by atoms with Crippen LogP contribution in [0.2, 0.25) is 0 Å². The van der Waals surface area contributed by atoms with Gasteiger partial charge in [0.15, 0.2) is 5.79 Å². The fourth-order valence-corrected chi connectivity index (χ4v) is 4.83. The van der Waals surface area contributed by atoms with Crippen molar-refractivity contribution in [2.45, 2.75) is 31.0 Å². The molecule has 1 atom stereocenters. The summed E-state index contributed by atoms with van der Waals surface area (Å²) in [5.74, 6) is -0.934. The zero-order chi connectivity index (χ0) is 29.3. The van der Waals surface area contributed by atoms with Crippen molar-refractivity contribution in [2.75, 3.05) is 43.5 Å². The number of ether oxygens (including phenoxy) is 1. The van der Waals surface area contributed by atoms with Crippen molar-refractivity contribution < 1.29 is 31.1 Å². The van der Waals surface area contributed by atoms with Gasteiger partial charge in [0.05, 0.1) is 35.6 Å². The summed E-state index contributed by atoms with van der Waals surface area (Å²) < 4.78 is 85.7. The van der Waals surface area contributed by atoms with E-state index in [0.29, 0.717) is 37.3 Å². The highest BCUT2D eigenvalue weighted by Crippen LogP contribution is 2.38. The number of rotatable bonds is 6. The van der Waals surface area contributed by atoms with Gasteiger partial charge < -0.3 is 15.4 Å². The molecule has 3 heterocycles. The maximum absolute atomic E-state index is 13.7. The van der Waals surface area contributed by atoms with Crippen LogP contribution in [0.3, 0.4) is 0 Å². The van der Waals surface area contributed by atoms with E-state index in [9.17, 15) is 26.3 Å². The van der Waals surface area contributed by atoms with E-state index in [1.165, 1.54) is 36.4 Å². The average molecular weight is 579 g/mol. The average Bonchev–Trinajstić information content (AvgIpc) is 2.92. The molecule has 2 aromatic carbocycles. The summed E-state index contributed by atoms with van der Waals surface area (Å²) in [5, 5.41) is 6.11. The topological polar surface area (TPSA) is 87.8 Å². The van der Waals surface area contributed by atoms with E-state index in [2.05, 4.69) is 25.5 Å². The third-order valence-electron chi connectivity index (χ3n) is 6.92. The molecule has 2 aliphatic rings. The van der Waals surface area contributed by atoms with E-state index in [1.54, 1.807) is 6.07 Å². The Labute approximate surface area is 232 Å². The highest BCUT2D eigenvalue weighted by molar-refractivity contribution is 6.12. The first-order chi connectivity index (χ1) is 19.4. The number of hydrogen-bond acceptors (Lipinski definition) is 7. The predicted octanol–water partition coefficient (Wildman–Crippen LogP) is 5.80. The zero-order valence-corrected chi connectivity index (χ0v) is 21.8. The van der Waals surface area contributed by atoms with Gasteiger partial charge in [-0.2, -0.15) is 26.3 Å². The zero-order valence-electron chi connectivity index (χ0n) is 21.8. The van der Waals surface area contributed by atoms with E-state index in [4.69, 9.17) is 10.5 Å². The lowest BCUT2D eigenvalue weighted by Crippen LogP contribution is -2.51. The second kappa shape index (κ2) is 11.3. The van der Waals surface area contributed by atoms with Crippen molar-refractivity contribution in [1.82, 2.24) is 9.88 Å². The Balaban J connectivity index is 1.47. The maximum atomic E-state index is 13.7. The van der Waals surface area contributed by atoms with Crippen LogP contribution < -0.4 is 16.4 Å². The first-order valence-corrected chi connectivity index (χ1v) is 13.0. The minimum atomic E-state index is -4.59. The number of aliphatic imine (C=N–C) groups is 1. The van der Waals surface area contributed by atoms with Crippen LogP contribution in [0.25, 0.3) is 11.3 Å². The summed E-state index contributed by atoms with van der Waals surface area (Å²) in [7, 11) is 0. The van der Waals surface area contributed by atoms with Crippen LogP contribution in [0, 0.1) is 0 Å². The van der Waals surface area contributed by atoms with Crippen molar-refractivity contribution in [2.24, 2.45) is 10.7 Å². The Morgan fingerprint density at radius 1 is 0.902 bits per heavy atom. The Kier molecular flexibility index (Phi) is 7.95. The van der Waals surface area contributed by atoms with Gasteiger partial charge in [-0.05, 0) is 55.4 Å². The van der Waals surface area contributed by atoms with Gasteiger partial charge in [-0.1, -0.05) is 18.2 Å². The minimum Gasteiger partial charge on any atom is -0.379 e. The highest BCUT2D eigenvalue weighted by Gasteiger charge is 2.36.